The van der Waals surface area contributed by atoms with Crippen LogP contribution in [0.2, 0.25) is 0 Å². The van der Waals surface area contributed by atoms with Crippen molar-refractivity contribution >= 4 is 23.5 Å². The van der Waals surface area contributed by atoms with Crippen molar-refractivity contribution in [3.63, 3.8) is 0 Å². The van der Waals surface area contributed by atoms with Gasteiger partial charge in [0.1, 0.15) is 0 Å². The molecule has 2 heteroatoms. The molecule has 0 nitrogen and oxygen atoms in total. The number of benzene rings is 2. The Morgan fingerprint density at radius 1 is 0.667 bits per heavy atom. The monoisotopic (exact) mass is 270 g/mol. The van der Waals surface area contributed by atoms with Gasteiger partial charge in [-0.1, -0.05) is 48.5 Å². The van der Waals surface area contributed by atoms with Gasteiger partial charge < -0.3 is 0 Å². The van der Waals surface area contributed by atoms with E-state index in [1.165, 1.54) is 22.6 Å². The summed E-state index contributed by atoms with van der Waals surface area (Å²) in [7, 11) is 0. The van der Waals surface area contributed by atoms with Gasteiger partial charge >= 0.3 is 0 Å². The van der Waals surface area contributed by atoms with E-state index in [-0.39, 0.29) is 0 Å². The number of hydrogen-bond donors (Lipinski definition) is 0. The molecule has 90 valence electrons. The van der Waals surface area contributed by atoms with Crippen molar-refractivity contribution in [1.29, 1.82) is 0 Å². The summed E-state index contributed by atoms with van der Waals surface area (Å²) in [6, 6.07) is 17.9. The first-order valence-corrected chi connectivity index (χ1v) is 8.42. The fraction of sp³-hybridized carbons (Fsp3) is 0.250. The zero-order valence-electron chi connectivity index (χ0n) is 10.0. The molecular weight excluding hydrogens is 256 g/mol. The van der Waals surface area contributed by atoms with Gasteiger partial charge in [0.2, 0.25) is 0 Å². The van der Waals surface area contributed by atoms with Gasteiger partial charge in [-0.05, 0) is 22.3 Å². The lowest BCUT2D eigenvalue weighted by molar-refractivity contribution is 0.923. The second-order valence-corrected chi connectivity index (χ2v) is 7.12. The van der Waals surface area contributed by atoms with E-state index in [1.54, 1.807) is 11.1 Å². The predicted molar refractivity (Wildman–Crippen MR) is 81.0 cm³/mol. The van der Waals surface area contributed by atoms with Crippen LogP contribution in [0.3, 0.4) is 0 Å². The first kappa shape index (κ1) is 11.0. The van der Waals surface area contributed by atoms with Crippen molar-refractivity contribution in [3.05, 3.63) is 70.8 Å². The molecule has 0 bridgehead atoms. The van der Waals surface area contributed by atoms with Crippen molar-refractivity contribution in [2.75, 3.05) is 0 Å². The molecule has 2 aliphatic rings. The summed E-state index contributed by atoms with van der Waals surface area (Å²) in [6.45, 7) is 0. The van der Waals surface area contributed by atoms with Crippen LogP contribution in [-0.4, -0.2) is 0 Å². The molecule has 0 amide bonds. The quantitative estimate of drug-likeness (QED) is 0.718. The Balaban J connectivity index is 1.75. The van der Waals surface area contributed by atoms with Crippen LogP contribution >= 0.6 is 23.5 Å². The number of hydrogen-bond acceptors (Lipinski definition) is 2. The molecule has 2 aromatic rings. The summed E-state index contributed by atoms with van der Waals surface area (Å²) in [5.74, 6) is 2.36. The van der Waals surface area contributed by atoms with Crippen LogP contribution in [-0.2, 0) is 11.5 Å². The fourth-order valence-corrected chi connectivity index (χ4v) is 6.10. The third-order valence-electron chi connectivity index (χ3n) is 3.83. The molecule has 2 aliphatic heterocycles. The van der Waals surface area contributed by atoms with Crippen molar-refractivity contribution in [1.82, 2.24) is 0 Å². The van der Waals surface area contributed by atoms with Crippen LogP contribution in [0.4, 0.5) is 0 Å². The minimum atomic E-state index is 0.648. The van der Waals surface area contributed by atoms with Gasteiger partial charge in [0.15, 0.2) is 0 Å². The molecule has 2 heterocycles. The normalized spacial score (nSPS) is 24.9. The maximum absolute atomic E-state index is 2.32. The maximum atomic E-state index is 2.32. The highest BCUT2D eigenvalue weighted by Crippen LogP contribution is 2.57. The topological polar surface area (TPSA) is 0 Å². The average molecular weight is 270 g/mol. The lowest BCUT2D eigenvalue weighted by atomic mass is 9.98. The molecular formula is C16H14S2. The summed E-state index contributed by atoms with van der Waals surface area (Å²) >= 11 is 4.22. The summed E-state index contributed by atoms with van der Waals surface area (Å²) < 4.78 is 0. The van der Waals surface area contributed by atoms with Crippen LogP contribution < -0.4 is 0 Å². The van der Waals surface area contributed by atoms with Gasteiger partial charge in [0, 0.05) is 22.0 Å². The second-order valence-electron chi connectivity index (χ2n) is 4.86. The van der Waals surface area contributed by atoms with Gasteiger partial charge in [0.05, 0.1) is 0 Å². The largest absolute Gasteiger partial charge is 0.147 e. The average Bonchev–Trinajstić information content (AvgIpc) is 3.01. The Labute approximate surface area is 116 Å². The number of fused-ring (bicyclic) bond motifs is 2. The van der Waals surface area contributed by atoms with Gasteiger partial charge in [-0.3, -0.25) is 0 Å². The maximum Gasteiger partial charge on any atom is 0.0463 e. The number of thioether (sulfide) groups is 2. The van der Waals surface area contributed by atoms with Crippen molar-refractivity contribution < 1.29 is 0 Å². The molecule has 0 fully saturated rings. The molecule has 0 aliphatic carbocycles. The molecule has 0 spiro atoms. The molecule has 4 rings (SSSR count). The lowest BCUT2D eigenvalue weighted by Crippen LogP contribution is -2.00. The fourth-order valence-electron chi connectivity index (χ4n) is 2.93. The third-order valence-corrected chi connectivity index (χ3v) is 6.73. The predicted octanol–water partition coefficient (Wildman–Crippen LogP) is 4.96. The highest BCUT2D eigenvalue weighted by atomic mass is 32.2. The van der Waals surface area contributed by atoms with Crippen LogP contribution in [0.1, 0.15) is 32.8 Å². The molecule has 0 N–H and O–H groups in total. The van der Waals surface area contributed by atoms with Crippen molar-refractivity contribution in [2.24, 2.45) is 0 Å². The highest BCUT2D eigenvalue weighted by Gasteiger charge is 2.35. The smallest absolute Gasteiger partial charge is 0.0463 e. The van der Waals surface area contributed by atoms with Crippen molar-refractivity contribution in [2.45, 2.75) is 22.0 Å². The number of rotatable bonds is 1. The Hall–Kier alpha value is -0.860. The van der Waals surface area contributed by atoms with Gasteiger partial charge in [-0.2, -0.15) is 0 Å². The van der Waals surface area contributed by atoms with Crippen LogP contribution in [0.25, 0.3) is 0 Å². The van der Waals surface area contributed by atoms with Crippen LogP contribution in [0.5, 0.6) is 0 Å². The Bertz CT molecular complexity index is 538. The molecule has 2 atom stereocenters. The van der Waals surface area contributed by atoms with Gasteiger partial charge in [0.25, 0.3) is 0 Å². The van der Waals surface area contributed by atoms with Crippen molar-refractivity contribution in [3.8, 4) is 0 Å². The first-order valence-electron chi connectivity index (χ1n) is 6.32. The van der Waals surface area contributed by atoms with E-state index in [4.69, 9.17) is 0 Å². The van der Waals surface area contributed by atoms with E-state index in [1.807, 2.05) is 0 Å². The molecule has 18 heavy (non-hydrogen) atoms. The standard InChI is InChI=1S/C16H14S2/c1-3-7-13-11(5-1)9-17-15(13)16-14-8-4-2-6-12(14)10-18-16/h1-8,15-16H,9-10H2. The summed E-state index contributed by atoms with van der Waals surface area (Å²) in [6.07, 6.45) is 0. The lowest BCUT2D eigenvalue weighted by Gasteiger charge is -2.19. The minimum absolute atomic E-state index is 0.648. The van der Waals surface area contributed by atoms with E-state index in [2.05, 4.69) is 72.1 Å². The van der Waals surface area contributed by atoms with E-state index < -0.39 is 0 Å². The molecule has 2 aromatic carbocycles. The molecule has 0 aromatic heterocycles. The van der Waals surface area contributed by atoms with Crippen LogP contribution in [0.15, 0.2) is 48.5 Å². The van der Waals surface area contributed by atoms with Crippen LogP contribution in [0, 0.1) is 0 Å². The SMILES string of the molecule is c1ccc2c(c1)CSC2C1SCc2ccccc21. The second kappa shape index (κ2) is 4.36. The van der Waals surface area contributed by atoms with E-state index in [0.29, 0.717) is 10.5 Å². The highest BCUT2D eigenvalue weighted by molar-refractivity contribution is 8.02. The zero-order valence-corrected chi connectivity index (χ0v) is 11.6. The van der Waals surface area contributed by atoms with Gasteiger partial charge in [-0.25, -0.2) is 0 Å². The Morgan fingerprint density at radius 3 is 1.61 bits per heavy atom. The first-order chi connectivity index (χ1) is 8.93. The summed E-state index contributed by atoms with van der Waals surface area (Å²) in [4.78, 5) is 0. The van der Waals surface area contributed by atoms with E-state index in [9.17, 15) is 0 Å². The van der Waals surface area contributed by atoms with Gasteiger partial charge in [-0.15, -0.1) is 23.5 Å². The minimum Gasteiger partial charge on any atom is -0.147 e. The molecule has 2 unspecified atom stereocenters. The molecule has 0 radical (unpaired) electrons. The Kier molecular flexibility index (Phi) is 2.66. The molecule has 0 saturated carbocycles. The van der Waals surface area contributed by atoms with E-state index in [0.717, 1.165) is 0 Å². The summed E-state index contributed by atoms with van der Waals surface area (Å²) in [5.41, 5.74) is 6.21. The third kappa shape index (κ3) is 1.63. The van der Waals surface area contributed by atoms with E-state index >= 15 is 0 Å². The summed E-state index contributed by atoms with van der Waals surface area (Å²) in [5, 5.41) is 1.30. The zero-order chi connectivity index (χ0) is 11.9. The molecule has 0 saturated heterocycles. The Morgan fingerprint density at radius 2 is 1.11 bits per heavy atom.